The van der Waals surface area contributed by atoms with E-state index >= 15 is 0 Å². The third-order valence-electron chi connectivity index (χ3n) is 7.47. The monoisotopic (exact) mass is 603 g/mol. The molecule has 6 rings (SSSR count). The van der Waals surface area contributed by atoms with Crippen LogP contribution in [0.3, 0.4) is 0 Å². The number of nitrogens with zero attached hydrogens (tertiary/aromatic N) is 3. The standard InChI is InChI=1S/C31H29N3O4S3/c1-20-29(27-19-40-31(32-27)21-11-13-34(14-12-21)28(35)18-25-9-5-15-39-25)30(33-38-20)24-8-3-6-22(16-24)23-7-4-10-26(17-23)41(2,36)37/h3-10,15-17,19,21H,11-14,18H2,1-2H3. The highest BCUT2D eigenvalue weighted by molar-refractivity contribution is 7.90. The van der Waals surface area contributed by atoms with Gasteiger partial charge in [-0.15, -0.1) is 22.7 Å². The van der Waals surface area contributed by atoms with E-state index in [0.717, 1.165) is 63.8 Å². The van der Waals surface area contributed by atoms with Crippen molar-refractivity contribution in [1.29, 1.82) is 0 Å². The molecule has 1 fully saturated rings. The van der Waals surface area contributed by atoms with Crippen LogP contribution in [-0.2, 0) is 21.1 Å². The van der Waals surface area contributed by atoms with Crippen molar-refractivity contribution < 1.29 is 17.7 Å². The molecule has 2 aromatic carbocycles. The number of amides is 1. The summed E-state index contributed by atoms with van der Waals surface area (Å²) in [5, 5.41) is 9.53. The maximum Gasteiger partial charge on any atom is 0.227 e. The zero-order chi connectivity index (χ0) is 28.6. The van der Waals surface area contributed by atoms with Crippen LogP contribution in [0.1, 0.15) is 34.4 Å². The highest BCUT2D eigenvalue weighted by atomic mass is 32.2. The van der Waals surface area contributed by atoms with Gasteiger partial charge in [0.1, 0.15) is 11.5 Å². The molecule has 3 aromatic heterocycles. The number of likely N-dealkylation sites (tertiary alicyclic amines) is 1. The van der Waals surface area contributed by atoms with Crippen LogP contribution in [0, 0.1) is 6.92 Å². The molecule has 1 aliphatic heterocycles. The number of sulfone groups is 1. The number of rotatable bonds is 7. The Morgan fingerprint density at radius 1 is 1.00 bits per heavy atom. The number of hydrogen-bond acceptors (Lipinski definition) is 8. The molecule has 1 aliphatic rings. The quantitative estimate of drug-likeness (QED) is 0.202. The second kappa shape index (κ2) is 11.3. The molecule has 0 unspecified atom stereocenters. The van der Waals surface area contributed by atoms with Crippen LogP contribution in [0.5, 0.6) is 0 Å². The van der Waals surface area contributed by atoms with Crippen molar-refractivity contribution in [3.8, 4) is 33.6 Å². The highest BCUT2D eigenvalue weighted by Gasteiger charge is 2.27. The molecule has 1 amide bonds. The van der Waals surface area contributed by atoms with Crippen LogP contribution in [0.2, 0.25) is 0 Å². The molecule has 7 nitrogen and oxygen atoms in total. The molecule has 5 aromatic rings. The van der Waals surface area contributed by atoms with Gasteiger partial charge in [-0.2, -0.15) is 0 Å². The van der Waals surface area contributed by atoms with Crippen molar-refractivity contribution in [3.05, 3.63) is 87.1 Å². The minimum atomic E-state index is -3.31. The fourth-order valence-corrected chi connectivity index (χ4v) is 7.61. The lowest BCUT2D eigenvalue weighted by Crippen LogP contribution is -2.38. The topological polar surface area (TPSA) is 93.4 Å². The van der Waals surface area contributed by atoms with Gasteiger partial charge >= 0.3 is 0 Å². The van der Waals surface area contributed by atoms with E-state index in [-0.39, 0.29) is 10.8 Å². The maximum atomic E-state index is 12.7. The summed E-state index contributed by atoms with van der Waals surface area (Å²) in [4.78, 5) is 21.1. The van der Waals surface area contributed by atoms with Gasteiger partial charge < -0.3 is 9.42 Å². The number of thiophene rings is 1. The van der Waals surface area contributed by atoms with E-state index in [2.05, 4.69) is 10.5 Å². The first-order valence-electron chi connectivity index (χ1n) is 13.4. The first kappa shape index (κ1) is 27.6. The number of aryl methyl sites for hydroxylation is 1. The average Bonchev–Trinajstić information content (AvgIpc) is 3.74. The molecule has 0 bridgehead atoms. The molecular weight excluding hydrogens is 575 g/mol. The molecule has 0 spiro atoms. The maximum absolute atomic E-state index is 12.7. The lowest BCUT2D eigenvalue weighted by atomic mass is 9.97. The Balaban J connectivity index is 1.21. The summed E-state index contributed by atoms with van der Waals surface area (Å²) in [7, 11) is -3.31. The van der Waals surface area contributed by atoms with Crippen LogP contribution >= 0.6 is 22.7 Å². The van der Waals surface area contributed by atoms with Gasteiger partial charge in [0.2, 0.25) is 5.91 Å². The smallest absolute Gasteiger partial charge is 0.227 e. The van der Waals surface area contributed by atoms with E-state index in [1.165, 1.54) is 6.26 Å². The highest BCUT2D eigenvalue weighted by Crippen LogP contribution is 2.39. The summed E-state index contributed by atoms with van der Waals surface area (Å²) in [6.45, 7) is 3.38. The number of aromatic nitrogens is 2. The molecule has 0 aliphatic carbocycles. The second-order valence-electron chi connectivity index (χ2n) is 10.3. The molecule has 0 N–H and O–H groups in total. The minimum absolute atomic E-state index is 0.195. The van der Waals surface area contributed by atoms with Gasteiger partial charge in [-0.1, -0.05) is 41.6 Å². The predicted molar refractivity (Wildman–Crippen MR) is 163 cm³/mol. The summed E-state index contributed by atoms with van der Waals surface area (Å²) < 4.78 is 29.8. The second-order valence-corrected chi connectivity index (χ2v) is 14.3. The van der Waals surface area contributed by atoms with Crippen molar-refractivity contribution in [1.82, 2.24) is 15.0 Å². The Labute approximate surface area is 247 Å². The van der Waals surface area contributed by atoms with Crippen molar-refractivity contribution in [3.63, 3.8) is 0 Å². The molecule has 0 radical (unpaired) electrons. The zero-order valence-corrected chi connectivity index (χ0v) is 25.2. The van der Waals surface area contributed by atoms with Crippen LogP contribution in [0.25, 0.3) is 33.6 Å². The van der Waals surface area contributed by atoms with E-state index in [1.807, 2.05) is 59.7 Å². The molecule has 41 heavy (non-hydrogen) atoms. The number of carbonyl (C=O) groups excluding carboxylic acids is 1. The van der Waals surface area contributed by atoms with Gasteiger partial charge in [0.05, 0.1) is 27.6 Å². The van der Waals surface area contributed by atoms with Gasteiger partial charge in [0.25, 0.3) is 0 Å². The van der Waals surface area contributed by atoms with Gasteiger partial charge in [-0.3, -0.25) is 4.79 Å². The molecule has 0 atom stereocenters. The number of hydrogen-bond donors (Lipinski definition) is 0. The first-order valence-corrected chi connectivity index (χ1v) is 17.0. The molecule has 210 valence electrons. The lowest BCUT2D eigenvalue weighted by Gasteiger charge is -2.31. The van der Waals surface area contributed by atoms with Crippen LogP contribution in [0.15, 0.2) is 80.8 Å². The average molecular weight is 604 g/mol. The number of piperidine rings is 1. The zero-order valence-electron chi connectivity index (χ0n) is 22.7. The van der Waals surface area contributed by atoms with E-state index in [9.17, 15) is 13.2 Å². The Morgan fingerprint density at radius 2 is 1.73 bits per heavy atom. The third-order valence-corrected chi connectivity index (χ3v) is 10.5. The van der Waals surface area contributed by atoms with E-state index in [1.54, 1.807) is 40.9 Å². The van der Waals surface area contributed by atoms with Gasteiger partial charge in [0.15, 0.2) is 9.84 Å². The van der Waals surface area contributed by atoms with Crippen LogP contribution < -0.4 is 0 Å². The van der Waals surface area contributed by atoms with Crippen LogP contribution in [0.4, 0.5) is 0 Å². The minimum Gasteiger partial charge on any atom is -0.360 e. The Morgan fingerprint density at radius 3 is 2.46 bits per heavy atom. The predicted octanol–water partition coefficient (Wildman–Crippen LogP) is 6.85. The fourth-order valence-electron chi connectivity index (χ4n) is 5.26. The van der Waals surface area contributed by atoms with E-state index in [4.69, 9.17) is 9.51 Å². The summed E-state index contributed by atoms with van der Waals surface area (Å²) in [6.07, 6.45) is 3.48. The van der Waals surface area contributed by atoms with Crippen LogP contribution in [-0.4, -0.2) is 48.7 Å². The number of benzene rings is 2. The van der Waals surface area contributed by atoms with Gasteiger partial charge in [-0.25, -0.2) is 13.4 Å². The Kier molecular flexibility index (Phi) is 7.63. The number of thiazole rings is 1. The summed E-state index contributed by atoms with van der Waals surface area (Å²) >= 11 is 3.27. The fraction of sp³-hybridized carbons (Fsp3) is 0.258. The molecular formula is C31H29N3O4S3. The summed E-state index contributed by atoms with van der Waals surface area (Å²) in [5.74, 6) is 1.20. The summed E-state index contributed by atoms with van der Waals surface area (Å²) in [6, 6.07) is 18.8. The van der Waals surface area contributed by atoms with E-state index in [0.29, 0.717) is 23.8 Å². The first-order chi connectivity index (χ1) is 19.8. The Hall–Kier alpha value is -3.60. The van der Waals surface area contributed by atoms with E-state index < -0.39 is 9.84 Å². The molecule has 10 heteroatoms. The SMILES string of the molecule is Cc1onc(-c2cccc(-c3cccc(S(C)(=O)=O)c3)c2)c1-c1csc(C2CCN(C(=O)Cc3cccs3)CC2)n1. The molecule has 0 saturated carbocycles. The Bertz CT molecular complexity index is 1800. The van der Waals surface area contributed by atoms with Crippen molar-refractivity contribution in [2.45, 2.75) is 37.0 Å². The van der Waals surface area contributed by atoms with Crippen molar-refractivity contribution in [2.24, 2.45) is 0 Å². The van der Waals surface area contributed by atoms with Crippen molar-refractivity contribution >= 4 is 38.4 Å². The normalized spacial score (nSPS) is 14.4. The third kappa shape index (κ3) is 5.91. The summed E-state index contributed by atoms with van der Waals surface area (Å²) in [5.41, 5.74) is 4.96. The largest absolute Gasteiger partial charge is 0.360 e. The molecule has 1 saturated heterocycles. The van der Waals surface area contributed by atoms with Crippen molar-refractivity contribution in [2.75, 3.05) is 19.3 Å². The lowest BCUT2D eigenvalue weighted by molar-refractivity contribution is -0.131. The van der Waals surface area contributed by atoms with Gasteiger partial charge in [0, 0.05) is 41.1 Å². The van der Waals surface area contributed by atoms with Gasteiger partial charge in [-0.05, 0) is 60.5 Å². The molecule has 4 heterocycles. The number of carbonyl (C=O) groups is 1.